The Morgan fingerprint density at radius 2 is 1.80 bits per heavy atom. The predicted molar refractivity (Wildman–Crippen MR) is 158 cm³/mol. The molecule has 0 radical (unpaired) electrons. The van der Waals surface area contributed by atoms with Crippen LogP contribution in [0.1, 0.15) is 27.9 Å². The molecule has 226 valence electrons. The molecule has 2 aromatic carbocycles. The molecule has 11 nitrogen and oxygen atoms in total. The van der Waals surface area contributed by atoms with Crippen LogP contribution in [0.15, 0.2) is 60.9 Å². The van der Waals surface area contributed by atoms with Crippen molar-refractivity contribution in [3.05, 3.63) is 77.6 Å². The summed E-state index contributed by atoms with van der Waals surface area (Å²) in [4.78, 5) is 72.4. The number of nitrogens with two attached hydrogens (primary N) is 1. The Balaban J connectivity index is 1.36. The molecule has 2 unspecified atom stereocenters. The minimum atomic E-state index is -2.75. The van der Waals surface area contributed by atoms with Gasteiger partial charge in [-0.2, -0.15) is 0 Å². The second-order valence-electron chi connectivity index (χ2n) is 12.1. The number of likely N-dealkylation sites (N-methyl/N-ethyl adjacent to an activating group) is 1. The lowest BCUT2D eigenvalue weighted by Gasteiger charge is -2.52. The number of ketones is 4. The fourth-order valence-electron chi connectivity index (χ4n) is 7.35. The number of nitrogens with zero attached hydrogens (tertiary/aromatic N) is 2. The summed E-state index contributed by atoms with van der Waals surface area (Å²) in [5, 5.41) is 25.8. The lowest BCUT2D eigenvalue weighted by atomic mass is 9.52. The molecule has 1 heterocycles. The number of aromatic hydroxyl groups is 1. The van der Waals surface area contributed by atoms with Crippen molar-refractivity contribution in [2.75, 3.05) is 19.4 Å². The molecule has 1 aromatic heterocycles. The number of pyridine rings is 1. The molecule has 2 fully saturated rings. The lowest BCUT2D eigenvalue weighted by molar-refractivity contribution is -0.181. The zero-order valence-electron chi connectivity index (χ0n) is 24.2. The minimum absolute atomic E-state index is 0.00204. The molecular formula is C33H32N4O7. The number of phenols is 1. The third-order valence-corrected chi connectivity index (χ3v) is 9.37. The second kappa shape index (κ2) is 10.8. The molecule has 44 heavy (non-hydrogen) atoms. The summed E-state index contributed by atoms with van der Waals surface area (Å²) >= 11 is 0. The summed E-state index contributed by atoms with van der Waals surface area (Å²) in [6.45, 7) is 0.565. The summed E-state index contributed by atoms with van der Waals surface area (Å²) < 4.78 is 0. The maximum Gasteiger partial charge on any atom is 0.235 e. The fourth-order valence-corrected chi connectivity index (χ4v) is 7.35. The molecule has 3 aliphatic carbocycles. The van der Waals surface area contributed by atoms with Crippen LogP contribution >= 0.6 is 0 Å². The number of anilines is 1. The standard InChI is InChI=1S/C33H32N4O7/c1-37(2)27-22-13-18-12-21-20(17-7-5-16(6-8-17)14-36-19-4-3-11-35-15-19)9-10-23(38)25(21)28(39)24(18)30(41)33(22,44)31(42)26(29(27)40)32(34)43/h3-11,15,18,22,24,26-27,36,38,44H,12-14H2,1-2H3,(H2,34,43)/t18-,22-,24?,26?,27-,33-/m0/s1. The van der Waals surface area contributed by atoms with E-state index in [0.29, 0.717) is 17.7 Å². The van der Waals surface area contributed by atoms with E-state index in [-0.39, 0.29) is 24.2 Å². The quantitative estimate of drug-likeness (QED) is 0.305. The number of carbonyl (C=O) groups is 5. The molecule has 0 aliphatic heterocycles. The molecular weight excluding hydrogens is 564 g/mol. The van der Waals surface area contributed by atoms with Crippen LogP contribution in [0.25, 0.3) is 11.1 Å². The van der Waals surface area contributed by atoms with E-state index in [0.717, 1.165) is 16.8 Å². The van der Waals surface area contributed by atoms with Gasteiger partial charge in [-0.3, -0.25) is 33.9 Å². The number of rotatable bonds is 6. The molecule has 5 N–H and O–H groups in total. The van der Waals surface area contributed by atoms with Crippen LogP contribution in [0.3, 0.4) is 0 Å². The van der Waals surface area contributed by atoms with Crippen molar-refractivity contribution in [3.8, 4) is 16.9 Å². The van der Waals surface area contributed by atoms with Crippen LogP contribution in [-0.2, 0) is 32.1 Å². The van der Waals surface area contributed by atoms with E-state index in [1.165, 1.54) is 11.0 Å². The number of nitrogens with one attached hydrogen (secondary N) is 1. The first-order valence-corrected chi connectivity index (χ1v) is 14.4. The van der Waals surface area contributed by atoms with Gasteiger partial charge in [-0.1, -0.05) is 30.3 Å². The van der Waals surface area contributed by atoms with Crippen LogP contribution < -0.4 is 11.1 Å². The first-order valence-electron chi connectivity index (χ1n) is 14.4. The maximum atomic E-state index is 14.0. The highest BCUT2D eigenvalue weighted by atomic mass is 16.3. The monoisotopic (exact) mass is 596 g/mol. The number of carbonyl (C=O) groups excluding carboxylic acids is 5. The number of amides is 1. The largest absolute Gasteiger partial charge is 0.507 e. The van der Waals surface area contributed by atoms with Crippen molar-refractivity contribution in [1.29, 1.82) is 0 Å². The van der Waals surface area contributed by atoms with E-state index < -0.39 is 64.4 Å². The van der Waals surface area contributed by atoms with Crippen molar-refractivity contribution < 1.29 is 34.2 Å². The van der Waals surface area contributed by atoms with E-state index in [4.69, 9.17) is 5.73 Å². The number of hydrogen-bond acceptors (Lipinski definition) is 10. The van der Waals surface area contributed by atoms with E-state index in [1.807, 2.05) is 36.4 Å². The third kappa shape index (κ3) is 4.42. The molecule has 11 heteroatoms. The van der Waals surface area contributed by atoms with E-state index in [2.05, 4.69) is 10.3 Å². The minimum Gasteiger partial charge on any atom is -0.507 e. The van der Waals surface area contributed by atoms with Crippen LogP contribution in [0.5, 0.6) is 5.75 Å². The van der Waals surface area contributed by atoms with Crippen molar-refractivity contribution in [3.63, 3.8) is 0 Å². The molecule has 3 aromatic rings. The average molecular weight is 597 g/mol. The smallest absolute Gasteiger partial charge is 0.235 e. The molecule has 3 aliphatic rings. The Morgan fingerprint density at radius 1 is 1.07 bits per heavy atom. The summed E-state index contributed by atoms with van der Waals surface area (Å²) in [7, 11) is 3.11. The number of fused-ring (bicyclic) bond motifs is 3. The summed E-state index contributed by atoms with van der Waals surface area (Å²) in [6, 6.07) is 13.5. The molecule has 6 rings (SSSR count). The Morgan fingerprint density at radius 3 is 2.43 bits per heavy atom. The first kappa shape index (κ1) is 29.3. The van der Waals surface area contributed by atoms with Crippen molar-refractivity contribution in [2.45, 2.75) is 31.0 Å². The Labute approximate surface area is 253 Å². The number of phenolic OH excluding ortho intramolecular Hbond substituents is 1. The summed E-state index contributed by atoms with van der Waals surface area (Å²) in [5.41, 5.74) is 6.55. The van der Waals surface area contributed by atoms with E-state index >= 15 is 0 Å². The lowest BCUT2D eigenvalue weighted by Crippen LogP contribution is -2.74. The molecule has 0 spiro atoms. The number of aromatic nitrogens is 1. The third-order valence-electron chi connectivity index (χ3n) is 9.37. The Kier molecular flexibility index (Phi) is 7.17. The number of hydrogen-bond donors (Lipinski definition) is 4. The van der Waals surface area contributed by atoms with Gasteiger partial charge in [0.05, 0.1) is 23.2 Å². The van der Waals surface area contributed by atoms with Crippen LogP contribution in [0.2, 0.25) is 0 Å². The average Bonchev–Trinajstić information content (AvgIpc) is 2.98. The summed E-state index contributed by atoms with van der Waals surface area (Å²) in [5.74, 6) is -10.6. The predicted octanol–water partition coefficient (Wildman–Crippen LogP) is 1.54. The normalized spacial score (nSPS) is 27.9. The van der Waals surface area contributed by atoms with Gasteiger partial charge in [0.2, 0.25) is 5.91 Å². The Bertz CT molecular complexity index is 1700. The zero-order valence-corrected chi connectivity index (χ0v) is 24.2. The highest BCUT2D eigenvalue weighted by Gasteiger charge is 2.69. The molecule has 0 saturated heterocycles. The number of primary amides is 1. The van der Waals surface area contributed by atoms with Crippen LogP contribution in [0.4, 0.5) is 5.69 Å². The van der Waals surface area contributed by atoms with Crippen molar-refractivity contribution in [1.82, 2.24) is 9.88 Å². The highest BCUT2D eigenvalue weighted by Crippen LogP contribution is 2.51. The van der Waals surface area contributed by atoms with Gasteiger partial charge >= 0.3 is 0 Å². The van der Waals surface area contributed by atoms with Gasteiger partial charge in [0.25, 0.3) is 0 Å². The number of Topliss-reactive ketones (excluding diaryl/α,β-unsaturated/α-hetero) is 4. The maximum absolute atomic E-state index is 14.0. The van der Waals surface area contributed by atoms with Crippen LogP contribution in [-0.4, -0.2) is 74.9 Å². The first-order chi connectivity index (χ1) is 20.9. The van der Waals surface area contributed by atoms with Gasteiger partial charge in [0, 0.05) is 24.9 Å². The SMILES string of the molecule is CN(C)[C@@H]1C(=O)C(C(N)=O)C(=O)[C@@]2(O)C(=O)C3C(=O)c4c(O)ccc(-c5ccc(CNc6cccnc6)cc5)c4C[C@H]3C[C@@H]12. The van der Waals surface area contributed by atoms with Gasteiger partial charge in [0.1, 0.15) is 5.75 Å². The Hall–Kier alpha value is -4.74. The molecule has 0 bridgehead atoms. The molecule has 6 atom stereocenters. The number of aliphatic hydroxyl groups is 1. The van der Waals surface area contributed by atoms with E-state index in [1.54, 1.807) is 32.6 Å². The summed E-state index contributed by atoms with van der Waals surface area (Å²) in [6.07, 6.45) is 3.62. The highest BCUT2D eigenvalue weighted by molar-refractivity contribution is 6.32. The van der Waals surface area contributed by atoms with Gasteiger partial charge in [0.15, 0.2) is 34.7 Å². The number of benzene rings is 2. The molecule has 2 saturated carbocycles. The zero-order chi connectivity index (χ0) is 31.5. The fraction of sp³-hybridized carbons (Fsp3) is 0.333. The molecule has 1 amide bonds. The van der Waals surface area contributed by atoms with Gasteiger partial charge < -0.3 is 21.3 Å². The van der Waals surface area contributed by atoms with E-state index in [9.17, 15) is 34.2 Å². The second-order valence-corrected chi connectivity index (χ2v) is 12.1. The van der Waals surface area contributed by atoms with Gasteiger partial charge in [-0.15, -0.1) is 0 Å². The topological polar surface area (TPSA) is 180 Å². The van der Waals surface area contributed by atoms with Crippen LogP contribution in [0, 0.1) is 23.7 Å². The van der Waals surface area contributed by atoms with Crippen molar-refractivity contribution in [2.24, 2.45) is 29.4 Å². The van der Waals surface area contributed by atoms with Gasteiger partial charge in [-0.25, -0.2) is 0 Å². The van der Waals surface area contributed by atoms with Crippen molar-refractivity contribution >= 4 is 34.7 Å². The van der Waals surface area contributed by atoms with Gasteiger partial charge in [-0.05, 0) is 73.3 Å².